The van der Waals surface area contributed by atoms with Crippen molar-refractivity contribution >= 4 is 23.3 Å². The number of anilines is 2. The van der Waals surface area contributed by atoms with E-state index in [1.807, 2.05) is 0 Å². The number of nitrogens with zero attached hydrogens (tertiary/aromatic N) is 2. The lowest BCUT2D eigenvalue weighted by Crippen LogP contribution is -2.27. The Kier molecular flexibility index (Phi) is 5.84. The molecule has 1 N–H and O–H groups in total. The Labute approximate surface area is 179 Å². The Bertz CT molecular complexity index is 1100. The van der Waals surface area contributed by atoms with Gasteiger partial charge in [-0.1, -0.05) is 6.07 Å². The first kappa shape index (κ1) is 20.4. The van der Waals surface area contributed by atoms with E-state index in [4.69, 9.17) is 9.47 Å². The summed E-state index contributed by atoms with van der Waals surface area (Å²) in [6.07, 6.45) is 5.31. The third-order valence-corrected chi connectivity index (χ3v) is 5.04. The largest absolute Gasteiger partial charge is 0.497 e. The van der Waals surface area contributed by atoms with Crippen LogP contribution < -0.4 is 14.4 Å². The number of pyridine rings is 1. The van der Waals surface area contributed by atoms with Crippen LogP contribution in [0.1, 0.15) is 33.6 Å². The van der Waals surface area contributed by atoms with Gasteiger partial charge in [-0.3, -0.25) is 14.7 Å². The molecule has 0 saturated heterocycles. The molecular weight excluding hydrogens is 396 g/mol. The quantitative estimate of drug-likeness (QED) is 0.577. The van der Waals surface area contributed by atoms with E-state index in [0.29, 0.717) is 41.0 Å². The van der Waals surface area contributed by atoms with Crippen molar-refractivity contribution in [2.75, 3.05) is 18.6 Å². The predicted molar refractivity (Wildman–Crippen MR) is 115 cm³/mol. The zero-order valence-corrected chi connectivity index (χ0v) is 17.0. The van der Waals surface area contributed by atoms with Gasteiger partial charge in [-0.25, -0.2) is 4.79 Å². The number of carboxylic acid groups (broad SMARTS) is 1. The van der Waals surface area contributed by atoms with E-state index in [9.17, 15) is 14.7 Å². The first-order chi connectivity index (χ1) is 15.1. The molecule has 3 aromatic rings. The molecule has 31 heavy (non-hydrogen) atoms. The monoisotopic (exact) mass is 418 g/mol. The first-order valence-electron chi connectivity index (χ1n) is 9.95. The lowest BCUT2D eigenvalue weighted by molar-refractivity contribution is 0.0696. The fourth-order valence-electron chi connectivity index (χ4n) is 3.18. The van der Waals surface area contributed by atoms with Gasteiger partial charge in [-0.05, 0) is 61.2 Å². The summed E-state index contributed by atoms with van der Waals surface area (Å²) in [5, 5.41) is 9.44. The minimum atomic E-state index is -1.07. The molecule has 1 aromatic heterocycles. The molecule has 0 unspecified atom stereocenters. The highest BCUT2D eigenvalue weighted by molar-refractivity contribution is 6.12. The summed E-state index contributed by atoms with van der Waals surface area (Å²) in [4.78, 5) is 30.6. The van der Waals surface area contributed by atoms with Crippen molar-refractivity contribution in [3.05, 3.63) is 78.1 Å². The molecule has 7 heteroatoms. The lowest BCUT2D eigenvalue weighted by Gasteiger charge is -2.26. The minimum Gasteiger partial charge on any atom is -0.497 e. The molecule has 1 fully saturated rings. The number of carboxylic acids is 1. The van der Waals surface area contributed by atoms with Gasteiger partial charge in [0.2, 0.25) is 0 Å². The van der Waals surface area contributed by atoms with Crippen LogP contribution in [0.2, 0.25) is 0 Å². The van der Waals surface area contributed by atoms with Crippen molar-refractivity contribution in [1.82, 2.24) is 4.98 Å². The molecule has 0 atom stereocenters. The molecule has 0 bridgehead atoms. The van der Waals surface area contributed by atoms with Gasteiger partial charge >= 0.3 is 5.97 Å². The highest BCUT2D eigenvalue weighted by Gasteiger charge is 2.27. The van der Waals surface area contributed by atoms with E-state index >= 15 is 0 Å². The highest BCUT2D eigenvalue weighted by atomic mass is 16.5. The summed E-state index contributed by atoms with van der Waals surface area (Å²) >= 11 is 0. The molecule has 7 nitrogen and oxygen atoms in total. The summed E-state index contributed by atoms with van der Waals surface area (Å²) < 4.78 is 11.4. The second-order valence-corrected chi connectivity index (χ2v) is 7.33. The molecule has 1 aliphatic rings. The highest BCUT2D eigenvalue weighted by Crippen LogP contribution is 2.39. The second kappa shape index (κ2) is 8.87. The Balaban J connectivity index is 1.83. The molecule has 1 heterocycles. The van der Waals surface area contributed by atoms with Crippen LogP contribution in [-0.2, 0) is 0 Å². The topological polar surface area (TPSA) is 89.0 Å². The van der Waals surface area contributed by atoms with Gasteiger partial charge in [0.15, 0.2) is 0 Å². The summed E-state index contributed by atoms with van der Waals surface area (Å²) in [5.74, 6) is 0.177. The van der Waals surface area contributed by atoms with Crippen LogP contribution in [0.15, 0.2) is 67.0 Å². The molecule has 2 aromatic carbocycles. The second-order valence-electron chi connectivity index (χ2n) is 7.33. The number of hydrogen-bond acceptors (Lipinski definition) is 5. The van der Waals surface area contributed by atoms with Crippen molar-refractivity contribution in [1.29, 1.82) is 0 Å². The van der Waals surface area contributed by atoms with Crippen LogP contribution in [0, 0.1) is 5.92 Å². The van der Waals surface area contributed by atoms with Gasteiger partial charge in [0, 0.05) is 18.5 Å². The molecule has 4 rings (SSSR count). The summed E-state index contributed by atoms with van der Waals surface area (Å²) in [5.41, 5.74) is 1.36. The van der Waals surface area contributed by atoms with Crippen molar-refractivity contribution in [2.45, 2.75) is 12.8 Å². The number of carbonyl (C=O) groups is 2. The molecule has 1 saturated carbocycles. The van der Waals surface area contributed by atoms with Crippen molar-refractivity contribution in [2.24, 2.45) is 5.92 Å². The molecular formula is C24H22N2O5. The first-order valence-corrected chi connectivity index (χ1v) is 9.95. The maximum Gasteiger partial charge on any atom is 0.335 e. The Morgan fingerprint density at radius 3 is 2.58 bits per heavy atom. The molecule has 0 spiro atoms. The standard InChI is InChI=1S/C24H22N2O5/c1-30-20-9-10-21(22(13-20)31-15-16-7-8-16)26(23(27)18-5-3-11-25-14-18)19-6-2-4-17(12-19)24(28)29/h2-6,9-14,16H,7-8,15H2,1H3,(H,28,29). The predicted octanol–water partition coefficient (Wildman–Crippen LogP) is 4.56. The maximum absolute atomic E-state index is 13.5. The summed E-state index contributed by atoms with van der Waals surface area (Å²) in [7, 11) is 1.56. The minimum absolute atomic E-state index is 0.0791. The van der Waals surface area contributed by atoms with Gasteiger partial charge in [0.25, 0.3) is 5.91 Å². The number of rotatable bonds is 8. The fourth-order valence-corrected chi connectivity index (χ4v) is 3.18. The number of methoxy groups -OCH3 is 1. The van der Waals surface area contributed by atoms with Crippen molar-refractivity contribution in [3.8, 4) is 11.5 Å². The molecule has 1 amide bonds. The van der Waals surface area contributed by atoms with Gasteiger partial charge < -0.3 is 14.6 Å². The smallest absolute Gasteiger partial charge is 0.335 e. The van der Waals surface area contributed by atoms with Crippen LogP contribution in [0.4, 0.5) is 11.4 Å². The van der Waals surface area contributed by atoms with E-state index in [2.05, 4.69) is 4.98 Å². The van der Waals surface area contributed by atoms with Gasteiger partial charge in [-0.2, -0.15) is 0 Å². The van der Waals surface area contributed by atoms with Crippen LogP contribution >= 0.6 is 0 Å². The average Bonchev–Trinajstić information content (AvgIpc) is 3.63. The summed E-state index contributed by atoms with van der Waals surface area (Å²) in [6.45, 7) is 0.546. The van der Waals surface area contributed by atoms with Gasteiger partial charge in [-0.15, -0.1) is 0 Å². The van der Waals surface area contributed by atoms with Crippen LogP contribution in [0.25, 0.3) is 0 Å². The summed E-state index contributed by atoms with van der Waals surface area (Å²) in [6, 6.07) is 14.8. The number of hydrogen-bond donors (Lipinski definition) is 1. The van der Waals surface area contributed by atoms with Crippen molar-refractivity contribution < 1.29 is 24.2 Å². The number of ether oxygens (including phenoxy) is 2. The number of aromatic nitrogens is 1. The number of aromatic carboxylic acids is 1. The molecule has 0 radical (unpaired) electrons. The van der Waals surface area contributed by atoms with E-state index in [1.165, 1.54) is 23.2 Å². The van der Waals surface area contributed by atoms with Gasteiger partial charge in [0.1, 0.15) is 11.5 Å². The number of benzene rings is 2. The number of carbonyl (C=O) groups excluding carboxylic acids is 1. The van der Waals surface area contributed by atoms with Crippen LogP contribution in [-0.4, -0.2) is 35.7 Å². The Hall–Kier alpha value is -3.87. The Morgan fingerprint density at radius 2 is 1.90 bits per heavy atom. The van der Waals surface area contributed by atoms with E-state index in [-0.39, 0.29) is 11.5 Å². The third-order valence-electron chi connectivity index (χ3n) is 5.04. The van der Waals surface area contributed by atoms with Crippen molar-refractivity contribution in [3.63, 3.8) is 0 Å². The molecule has 158 valence electrons. The fraction of sp³-hybridized carbons (Fsp3) is 0.208. The van der Waals surface area contributed by atoms with Gasteiger partial charge in [0.05, 0.1) is 36.2 Å². The normalized spacial score (nSPS) is 12.8. The SMILES string of the molecule is COc1ccc(N(C(=O)c2cccnc2)c2cccc(C(=O)O)c2)c(OCC2CC2)c1. The molecule has 1 aliphatic carbocycles. The number of amides is 1. The average molecular weight is 418 g/mol. The molecule has 0 aliphatic heterocycles. The third kappa shape index (κ3) is 4.66. The zero-order valence-electron chi connectivity index (χ0n) is 17.0. The van der Waals surface area contributed by atoms with Crippen LogP contribution in [0.3, 0.4) is 0 Å². The van der Waals surface area contributed by atoms with E-state index < -0.39 is 5.97 Å². The van der Waals surface area contributed by atoms with E-state index in [1.54, 1.807) is 55.8 Å². The maximum atomic E-state index is 13.5. The lowest BCUT2D eigenvalue weighted by atomic mass is 10.1. The van der Waals surface area contributed by atoms with Crippen LogP contribution in [0.5, 0.6) is 11.5 Å². The van der Waals surface area contributed by atoms with E-state index in [0.717, 1.165) is 12.8 Å². The Morgan fingerprint density at radius 1 is 1.10 bits per heavy atom. The zero-order chi connectivity index (χ0) is 21.8.